The summed E-state index contributed by atoms with van der Waals surface area (Å²) >= 11 is 0. The number of nitrogens with two attached hydrogens (primary N) is 1. The van der Waals surface area contributed by atoms with Crippen LogP contribution in [0.5, 0.6) is 0 Å². The molecule has 7 heteroatoms. The number of amides is 2. The second-order valence-corrected chi connectivity index (χ2v) is 5.92. The Morgan fingerprint density at radius 3 is 2.60 bits per heavy atom. The lowest BCUT2D eigenvalue weighted by molar-refractivity contribution is -0.121. The zero-order chi connectivity index (χ0) is 16.9. The van der Waals surface area contributed by atoms with E-state index in [9.17, 15) is 9.59 Å². The van der Waals surface area contributed by atoms with Crippen LogP contribution in [0, 0.1) is 5.92 Å². The summed E-state index contributed by atoms with van der Waals surface area (Å²) in [4.78, 5) is 30.7. The topological polar surface area (TPSA) is 88.3 Å². The number of likely N-dealkylation sites (tertiary alicyclic amines) is 1. The average Bonchev–Trinajstić information content (AvgIpc) is 2.64. The third-order valence-electron chi connectivity index (χ3n) is 4.15. The Labute approximate surface area is 152 Å². The van der Waals surface area contributed by atoms with Gasteiger partial charge in [-0.25, -0.2) is 4.98 Å². The van der Waals surface area contributed by atoms with Crippen LogP contribution in [0.15, 0.2) is 48.7 Å². The van der Waals surface area contributed by atoms with E-state index in [-0.39, 0.29) is 30.1 Å². The van der Waals surface area contributed by atoms with Crippen LogP contribution >= 0.6 is 12.4 Å². The molecule has 0 saturated carbocycles. The lowest BCUT2D eigenvalue weighted by Gasteiger charge is -2.32. The molecule has 0 bridgehead atoms. The molecule has 1 aromatic carbocycles. The van der Waals surface area contributed by atoms with E-state index in [1.165, 1.54) is 6.20 Å². The van der Waals surface area contributed by atoms with Crippen LogP contribution in [0.1, 0.15) is 23.2 Å². The van der Waals surface area contributed by atoms with Crippen molar-refractivity contribution >= 4 is 35.7 Å². The van der Waals surface area contributed by atoms with Crippen molar-refractivity contribution in [2.45, 2.75) is 12.8 Å². The van der Waals surface area contributed by atoms with Crippen LogP contribution in [0.4, 0.5) is 11.5 Å². The number of nitrogens with zero attached hydrogens (tertiary/aromatic N) is 2. The fraction of sp³-hybridized carbons (Fsp3) is 0.278. The minimum Gasteiger partial charge on any atom is -0.384 e. The van der Waals surface area contributed by atoms with Gasteiger partial charge in [0, 0.05) is 18.7 Å². The quantitative estimate of drug-likeness (QED) is 0.880. The third kappa shape index (κ3) is 4.70. The highest BCUT2D eigenvalue weighted by Crippen LogP contribution is 2.20. The lowest BCUT2D eigenvalue weighted by atomic mass is 9.96. The van der Waals surface area contributed by atoms with Crippen molar-refractivity contribution in [2.75, 3.05) is 24.1 Å². The highest BCUT2D eigenvalue weighted by atomic mass is 35.5. The number of carbonyl (C=O) groups excluding carboxylic acids is 2. The number of aromatic nitrogens is 1. The number of piperidine rings is 1. The first kappa shape index (κ1) is 18.7. The summed E-state index contributed by atoms with van der Waals surface area (Å²) in [6, 6.07) is 12.5. The van der Waals surface area contributed by atoms with Crippen LogP contribution in [0.3, 0.4) is 0 Å². The lowest BCUT2D eigenvalue weighted by Crippen LogP contribution is -2.43. The first-order chi connectivity index (χ1) is 11.6. The van der Waals surface area contributed by atoms with Gasteiger partial charge in [0.05, 0.1) is 17.8 Å². The van der Waals surface area contributed by atoms with Crippen molar-refractivity contribution in [2.24, 2.45) is 5.92 Å². The van der Waals surface area contributed by atoms with E-state index in [1.54, 1.807) is 29.2 Å². The molecule has 1 unspecified atom stereocenters. The maximum Gasteiger partial charge on any atom is 0.253 e. The molecule has 2 aromatic rings. The molecule has 3 N–H and O–H groups in total. The van der Waals surface area contributed by atoms with E-state index in [1.807, 2.05) is 18.2 Å². The molecule has 2 amide bonds. The second-order valence-electron chi connectivity index (χ2n) is 5.92. The molecule has 0 radical (unpaired) electrons. The van der Waals surface area contributed by atoms with E-state index in [0.717, 1.165) is 12.8 Å². The highest BCUT2D eigenvalue weighted by Gasteiger charge is 2.28. The van der Waals surface area contributed by atoms with Gasteiger partial charge in [0.2, 0.25) is 5.91 Å². The molecule has 1 aliphatic rings. The normalized spacial score (nSPS) is 16.6. The number of pyridine rings is 1. The summed E-state index contributed by atoms with van der Waals surface area (Å²) in [5, 5.41) is 2.84. The van der Waals surface area contributed by atoms with Gasteiger partial charge in [-0.3, -0.25) is 9.59 Å². The molecule has 1 fully saturated rings. The van der Waals surface area contributed by atoms with Gasteiger partial charge in [-0.05, 0) is 37.1 Å². The molecule has 1 saturated heterocycles. The van der Waals surface area contributed by atoms with E-state index in [2.05, 4.69) is 10.3 Å². The van der Waals surface area contributed by atoms with Gasteiger partial charge in [0.1, 0.15) is 5.82 Å². The van der Waals surface area contributed by atoms with Crippen molar-refractivity contribution in [3.63, 3.8) is 0 Å². The Bertz CT molecular complexity index is 722. The van der Waals surface area contributed by atoms with E-state index in [0.29, 0.717) is 30.2 Å². The van der Waals surface area contributed by atoms with Crippen molar-refractivity contribution in [3.8, 4) is 0 Å². The van der Waals surface area contributed by atoms with Crippen LogP contribution in [-0.4, -0.2) is 34.8 Å². The Hall–Kier alpha value is -2.60. The molecule has 132 valence electrons. The largest absolute Gasteiger partial charge is 0.384 e. The van der Waals surface area contributed by atoms with E-state index < -0.39 is 0 Å². The number of anilines is 2. The van der Waals surface area contributed by atoms with Gasteiger partial charge in [-0.2, -0.15) is 0 Å². The fourth-order valence-electron chi connectivity index (χ4n) is 2.86. The molecule has 1 atom stereocenters. The Morgan fingerprint density at radius 2 is 1.92 bits per heavy atom. The van der Waals surface area contributed by atoms with Crippen LogP contribution in [0.25, 0.3) is 0 Å². The molecule has 2 heterocycles. The maximum absolute atomic E-state index is 12.5. The van der Waals surface area contributed by atoms with Gasteiger partial charge in [-0.1, -0.05) is 18.2 Å². The molecule has 1 aliphatic heterocycles. The molecule has 3 rings (SSSR count). The zero-order valence-corrected chi connectivity index (χ0v) is 14.5. The number of hydrogen-bond donors (Lipinski definition) is 2. The van der Waals surface area contributed by atoms with Gasteiger partial charge >= 0.3 is 0 Å². The summed E-state index contributed by atoms with van der Waals surface area (Å²) in [6.07, 6.45) is 3.12. The average molecular weight is 361 g/mol. The number of rotatable bonds is 3. The second kappa shape index (κ2) is 8.48. The Morgan fingerprint density at radius 1 is 1.16 bits per heavy atom. The van der Waals surface area contributed by atoms with Gasteiger partial charge in [-0.15, -0.1) is 12.4 Å². The summed E-state index contributed by atoms with van der Waals surface area (Å²) in [5.74, 6) is 0.0728. The number of carbonyl (C=O) groups is 2. The fourth-order valence-corrected chi connectivity index (χ4v) is 2.86. The SMILES string of the molecule is Cl.Nc1ccc(NC(=O)C2CCCN(C(=O)c3ccccc3)C2)cn1. The number of hydrogen-bond acceptors (Lipinski definition) is 4. The summed E-state index contributed by atoms with van der Waals surface area (Å²) < 4.78 is 0. The van der Waals surface area contributed by atoms with Crippen molar-refractivity contribution in [3.05, 3.63) is 54.2 Å². The van der Waals surface area contributed by atoms with Crippen LogP contribution in [0.2, 0.25) is 0 Å². The van der Waals surface area contributed by atoms with Gasteiger partial charge in [0.25, 0.3) is 5.91 Å². The molecular formula is C18H21ClN4O2. The van der Waals surface area contributed by atoms with Gasteiger partial charge in [0.15, 0.2) is 0 Å². The number of nitrogens with one attached hydrogen (secondary N) is 1. The molecule has 0 spiro atoms. The number of benzene rings is 1. The first-order valence-electron chi connectivity index (χ1n) is 8.00. The summed E-state index contributed by atoms with van der Waals surface area (Å²) in [5.41, 5.74) is 6.80. The Balaban J connectivity index is 0.00000225. The van der Waals surface area contributed by atoms with Crippen LogP contribution < -0.4 is 11.1 Å². The monoisotopic (exact) mass is 360 g/mol. The molecular weight excluding hydrogens is 340 g/mol. The summed E-state index contributed by atoms with van der Waals surface area (Å²) in [6.45, 7) is 1.11. The maximum atomic E-state index is 12.5. The molecule has 0 aliphatic carbocycles. The van der Waals surface area contributed by atoms with Crippen molar-refractivity contribution in [1.29, 1.82) is 0 Å². The Kier molecular flexibility index (Phi) is 6.36. The minimum absolute atomic E-state index is 0. The molecule has 6 nitrogen and oxygen atoms in total. The van der Waals surface area contributed by atoms with Crippen molar-refractivity contribution in [1.82, 2.24) is 9.88 Å². The predicted octanol–water partition coefficient (Wildman–Crippen LogP) is 2.58. The van der Waals surface area contributed by atoms with Crippen LogP contribution in [-0.2, 0) is 4.79 Å². The van der Waals surface area contributed by atoms with E-state index in [4.69, 9.17) is 5.73 Å². The molecule has 25 heavy (non-hydrogen) atoms. The standard InChI is InChI=1S/C18H20N4O2.ClH/c19-16-9-8-15(11-20-16)21-17(23)14-7-4-10-22(12-14)18(24)13-5-2-1-3-6-13;/h1-3,5-6,8-9,11,14H,4,7,10,12H2,(H2,19,20)(H,21,23);1H. The number of halogens is 1. The zero-order valence-electron chi connectivity index (χ0n) is 13.7. The minimum atomic E-state index is -0.219. The number of nitrogen functional groups attached to an aromatic ring is 1. The third-order valence-corrected chi connectivity index (χ3v) is 4.15. The highest BCUT2D eigenvalue weighted by molar-refractivity contribution is 5.96. The molecule has 1 aromatic heterocycles. The van der Waals surface area contributed by atoms with E-state index >= 15 is 0 Å². The predicted molar refractivity (Wildman–Crippen MR) is 99.6 cm³/mol. The summed E-state index contributed by atoms with van der Waals surface area (Å²) in [7, 11) is 0. The first-order valence-corrected chi connectivity index (χ1v) is 8.00. The smallest absolute Gasteiger partial charge is 0.253 e. The van der Waals surface area contributed by atoms with Gasteiger partial charge < -0.3 is 16.0 Å². The van der Waals surface area contributed by atoms with Crippen molar-refractivity contribution < 1.29 is 9.59 Å².